The summed E-state index contributed by atoms with van der Waals surface area (Å²) in [5.41, 5.74) is 5.56. The number of fused-ring (bicyclic) bond motifs is 4. The van der Waals surface area contributed by atoms with E-state index in [-0.39, 0.29) is 30.1 Å². The Balaban J connectivity index is 0.967. The number of ether oxygens (including phenoxy) is 2. The third-order valence-electron chi connectivity index (χ3n) is 11.6. The lowest BCUT2D eigenvalue weighted by molar-refractivity contribution is 0.0691. The number of aromatic nitrogens is 3. The minimum absolute atomic E-state index is 0.0787. The van der Waals surface area contributed by atoms with Crippen LogP contribution < -0.4 is 20.7 Å². The van der Waals surface area contributed by atoms with Crippen molar-refractivity contribution < 1.29 is 18.7 Å². The minimum atomic E-state index is -0.399. The SMILES string of the molecule is CCOc1cc2c(cc1OC)C(c1ccc(C(=O)N3CCC(n4c(=O)c5sc(-c6ccccc6)cc5n(Cc5ncc(CC)o5)c4=O)CC3)cc1)=N[C@@H]1CCSC[C@H]21. The largest absolute Gasteiger partial charge is 0.493 e. The van der Waals surface area contributed by atoms with Gasteiger partial charge in [-0.2, -0.15) is 11.8 Å². The molecule has 0 radical (unpaired) electrons. The van der Waals surface area contributed by atoms with Gasteiger partial charge in [0.2, 0.25) is 5.89 Å². The lowest BCUT2D eigenvalue weighted by atomic mass is 9.81. The van der Waals surface area contributed by atoms with Gasteiger partial charge in [0.15, 0.2) is 11.5 Å². The Bertz CT molecular complexity index is 2640. The van der Waals surface area contributed by atoms with Crippen molar-refractivity contribution in [2.75, 3.05) is 38.3 Å². The number of methoxy groups -OCH3 is 1. The summed E-state index contributed by atoms with van der Waals surface area (Å²) < 4.78 is 21.1. The Morgan fingerprint density at radius 3 is 2.47 bits per heavy atom. The summed E-state index contributed by atoms with van der Waals surface area (Å²) in [7, 11) is 1.66. The van der Waals surface area contributed by atoms with Crippen LogP contribution in [0.2, 0.25) is 0 Å². The zero-order valence-corrected chi connectivity index (χ0v) is 34.4. The molecule has 298 valence electrons. The summed E-state index contributed by atoms with van der Waals surface area (Å²) in [5.74, 6) is 4.90. The summed E-state index contributed by atoms with van der Waals surface area (Å²) in [6, 6.07) is 23.5. The van der Waals surface area contributed by atoms with Gasteiger partial charge in [0.05, 0.1) is 37.2 Å². The molecule has 3 aromatic carbocycles. The van der Waals surface area contributed by atoms with Crippen molar-refractivity contribution in [2.45, 2.75) is 64.1 Å². The van der Waals surface area contributed by atoms with Crippen LogP contribution in [0, 0.1) is 0 Å². The molecular weight excluding hydrogens is 771 g/mol. The third-order valence-corrected chi connectivity index (χ3v) is 13.9. The van der Waals surface area contributed by atoms with Crippen LogP contribution in [-0.4, -0.2) is 75.0 Å². The highest BCUT2D eigenvalue weighted by Gasteiger charge is 2.35. The molecule has 0 unspecified atom stereocenters. The van der Waals surface area contributed by atoms with E-state index in [2.05, 4.69) is 11.1 Å². The number of amides is 1. The number of hydrogen-bond acceptors (Lipinski definition) is 10. The highest BCUT2D eigenvalue weighted by Crippen LogP contribution is 2.44. The second-order valence-corrected chi connectivity index (χ2v) is 17.2. The predicted octanol–water partition coefficient (Wildman–Crippen LogP) is 7.82. The molecule has 2 saturated heterocycles. The van der Waals surface area contributed by atoms with Crippen LogP contribution in [0.25, 0.3) is 20.7 Å². The van der Waals surface area contributed by atoms with E-state index in [9.17, 15) is 14.4 Å². The first-order chi connectivity index (χ1) is 28.3. The van der Waals surface area contributed by atoms with Crippen LogP contribution in [0.5, 0.6) is 11.5 Å². The van der Waals surface area contributed by atoms with E-state index < -0.39 is 5.69 Å². The first-order valence-electron chi connectivity index (χ1n) is 20.0. The zero-order valence-electron chi connectivity index (χ0n) is 32.8. The van der Waals surface area contributed by atoms with Crippen molar-refractivity contribution in [2.24, 2.45) is 4.99 Å². The number of thiophene rings is 1. The molecule has 13 heteroatoms. The molecular formula is C45H45N5O6S2. The fourth-order valence-corrected chi connectivity index (χ4v) is 10.9. The maximum atomic E-state index is 14.3. The van der Waals surface area contributed by atoms with E-state index in [1.165, 1.54) is 21.5 Å². The van der Waals surface area contributed by atoms with Gasteiger partial charge < -0.3 is 18.8 Å². The number of nitrogens with zero attached hydrogens (tertiary/aromatic N) is 5. The zero-order chi connectivity index (χ0) is 39.9. The van der Waals surface area contributed by atoms with E-state index in [1.54, 1.807) is 17.9 Å². The normalized spacial score (nSPS) is 18.1. The quantitative estimate of drug-likeness (QED) is 0.137. The van der Waals surface area contributed by atoms with Gasteiger partial charge in [-0.1, -0.05) is 49.4 Å². The van der Waals surface area contributed by atoms with E-state index >= 15 is 0 Å². The Kier molecular flexibility index (Phi) is 10.6. The molecule has 0 bridgehead atoms. The van der Waals surface area contributed by atoms with Gasteiger partial charge in [-0.25, -0.2) is 9.78 Å². The lowest BCUT2D eigenvalue weighted by Crippen LogP contribution is -2.46. The van der Waals surface area contributed by atoms with Gasteiger partial charge in [0.1, 0.15) is 17.0 Å². The number of rotatable bonds is 10. The van der Waals surface area contributed by atoms with E-state index in [0.29, 0.717) is 72.3 Å². The average Bonchev–Trinajstić information content (AvgIpc) is 3.93. The summed E-state index contributed by atoms with van der Waals surface area (Å²) >= 11 is 3.36. The number of aryl methyl sites for hydroxylation is 1. The summed E-state index contributed by atoms with van der Waals surface area (Å²) in [5, 5.41) is 0. The van der Waals surface area contributed by atoms with Gasteiger partial charge in [-0.05, 0) is 73.4 Å². The Morgan fingerprint density at radius 1 is 0.948 bits per heavy atom. The molecule has 6 heterocycles. The molecule has 2 atom stereocenters. The highest BCUT2D eigenvalue weighted by molar-refractivity contribution is 7.99. The third kappa shape index (κ3) is 6.97. The lowest BCUT2D eigenvalue weighted by Gasteiger charge is -2.35. The van der Waals surface area contributed by atoms with Gasteiger partial charge >= 0.3 is 5.69 Å². The maximum absolute atomic E-state index is 14.3. The van der Waals surface area contributed by atoms with Gasteiger partial charge in [-0.15, -0.1) is 11.3 Å². The van der Waals surface area contributed by atoms with Crippen LogP contribution >= 0.6 is 23.1 Å². The molecule has 11 nitrogen and oxygen atoms in total. The topological polar surface area (TPSA) is 121 Å². The average molecular weight is 816 g/mol. The Hall–Kier alpha value is -5.40. The number of carbonyl (C=O) groups excluding carboxylic acids is 1. The van der Waals surface area contributed by atoms with Crippen molar-refractivity contribution in [3.63, 3.8) is 0 Å². The number of aliphatic imine (C=N–C) groups is 1. The van der Waals surface area contributed by atoms with Crippen LogP contribution in [0.15, 0.2) is 98.0 Å². The summed E-state index contributed by atoms with van der Waals surface area (Å²) in [6.45, 7) is 5.45. The second kappa shape index (κ2) is 16.1. The number of oxazole rings is 1. The Morgan fingerprint density at radius 2 is 1.74 bits per heavy atom. The predicted molar refractivity (Wildman–Crippen MR) is 230 cm³/mol. The molecule has 3 aliphatic heterocycles. The fraction of sp³-hybridized carbons (Fsp3) is 0.356. The van der Waals surface area contributed by atoms with Crippen molar-refractivity contribution >= 4 is 44.9 Å². The Labute approximate surface area is 344 Å². The molecule has 9 rings (SSSR count). The number of hydrogen-bond donors (Lipinski definition) is 0. The number of carbonyl (C=O) groups is 1. The minimum Gasteiger partial charge on any atom is -0.493 e. The molecule has 58 heavy (non-hydrogen) atoms. The van der Waals surface area contributed by atoms with Gasteiger partial charge in [0, 0.05) is 58.8 Å². The first-order valence-corrected chi connectivity index (χ1v) is 22.0. The molecule has 0 spiro atoms. The van der Waals surface area contributed by atoms with Crippen LogP contribution in [-0.2, 0) is 13.0 Å². The number of piperidine rings is 1. The van der Waals surface area contributed by atoms with Gasteiger partial charge in [0.25, 0.3) is 11.5 Å². The molecule has 0 saturated carbocycles. The van der Waals surface area contributed by atoms with Crippen LogP contribution in [0.4, 0.5) is 0 Å². The van der Waals surface area contributed by atoms with E-state index in [1.807, 2.05) is 97.2 Å². The first kappa shape index (κ1) is 38.1. The summed E-state index contributed by atoms with van der Waals surface area (Å²) in [6.07, 6.45) is 4.32. The second-order valence-electron chi connectivity index (χ2n) is 14.9. The van der Waals surface area contributed by atoms with Gasteiger partial charge in [-0.3, -0.25) is 23.7 Å². The molecule has 3 aliphatic rings. The highest BCUT2D eigenvalue weighted by atomic mass is 32.2. The van der Waals surface area contributed by atoms with E-state index in [0.717, 1.165) is 56.7 Å². The maximum Gasteiger partial charge on any atom is 0.332 e. The summed E-state index contributed by atoms with van der Waals surface area (Å²) in [4.78, 5) is 54.9. The van der Waals surface area contributed by atoms with E-state index in [4.69, 9.17) is 18.9 Å². The fourth-order valence-electron chi connectivity index (χ4n) is 8.54. The smallest absolute Gasteiger partial charge is 0.332 e. The molecule has 6 aromatic rings. The van der Waals surface area contributed by atoms with Crippen molar-refractivity contribution in [1.82, 2.24) is 19.0 Å². The standard InChI is InChI=1S/C45H45N5O6S2/c1-4-31-24-46-40(56-31)25-49-36-23-39(27-9-7-6-8-10-27)58-42(36)44(52)50(45(49)53)30-15-18-48(19-16-30)43(51)29-13-11-28(12-14-29)41-33-22-37(54-3)38(55-5-2)21-32(33)34-26-57-20-17-35(34)47-41/h6-14,21-24,30,34-35H,4-5,15-20,25-26H2,1-3H3/t34-,35-/m1/s1. The monoisotopic (exact) mass is 815 g/mol. The van der Waals surface area contributed by atoms with Crippen molar-refractivity contribution in [3.05, 3.63) is 134 Å². The molecule has 0 N–H and O–H groups in total. The molecule has 1 amide bonds. The van der Waals surface area contributed by atoms with Crippen LogP contribution in [0.1, 0.15) is 83.8 Å². The number of thioether (sulfide) groups is 1. The van der Waals surface area contributed by atoms with Crippen molar-refractivity contribution in [3.8, 4) is 21.9 Å². The molecule has 0 aliphatic carbocycles. The molecule has 3 aromatic heterocycles. The molecule has 2 fully saturated rings. The van der Waals surface area contributed by atoms with Crippen molar-refractivity contribution in [1.29, 1.82) is 0 Å². The number of benzene rings is 3. The van der Waals surface area contributed by atoms with Crippen LogP contribution in [0.3, 0.4) is 0 Å². The number of likely N-dealkylation sites (tertiary alicyclic amines) is 1.